The molecule has 0 aromatic heterocycles. The Morgan fingerprint density at radius 1 is 1.25 bits per heavy atom. The van der Waals surface area contributed by atoms with Crippen LogP contribution in [0.5, 0.6) is 0 Å². The number of anilines is 1. The lowest BCUT2D eigenvalue weighted by Crippen LogP contribution is -2.51. The maximum atomic E-state index is 11.9. The van der Waals surface area contributed by atoms with Crippen molar-refractivity contribution in [2.75, 3.05) is 31.6 Å². The zero-order valence-electron chi connectivity index (χ0n) is 13.7. The molecule has 1 aromatic carbocycles. The molecule has 0 unspecified atom stereocenters. The van der Waals surface area contributed by atoms with Crippen LogP contribution in [0.3, 0.4) is 0 Å². The first-order valence-corrected chi connectivity index (χ1v) is 8.59. The fraction of sp³-hybridized carbons (Fsp3) is 0.588. The lowest BCUT2D eigenvalue weighted by atomic mass is 10.0. The Morgan fingerprint density at radius 2 is 2.00 bits per heavy atom. The van der Waals surface area contributed by atoms with Gasteiger partial charge in [-0.25, -0.2) is 4.79 Å². The highest BCUT2D eigenvalue weighted by molar-refractivity contribution is 5.89. The van der Waals surface area contributed by atoms with Gasteiger partial charge in [-0.15, -0.1) is 0 Å². The molecule has 5 N–H and O–H groups in total. The van der Waals surface area contributed by atoms with Crippen molar-refractivity contribution in [3.8, 4) is 0 Å². The predicted molar refractivity (Wildman–Crippen MR) is 92.0 cm³/mol. The van der Waals surface area contributed by atoms with Crippen molar-refractivity contribution in [3.63, 3.8) is 0 Å². The molecule has 0 saturated carbocycles. The van der Waals surface area contributed by atoms with Crippen LogP contribution in [0.15, 0.2) is 30.3 Å². The highest BCUT2D eigenvalue weighted by Crippen LogP contribution is 2.16. The minimum Gasteiger partial charge on any atom is -0.389 e. The highest BCUT2D eigenvalue weighted by atomic mass is 16.5. The third-order valence-corrected chi connectivity index (χ3v) is 4.57. The maximum absolute atomic E-state index is 11.9. The van der Waals surface area contributed by atoms with Gasteiger partial charge in [-0.1, -0.05) is 18.2 Å². The van der Waals surface area contributed by atoms with Crippen LogP contribution in [0.25, 0.3) is 0 Å². The van der Waals surface area contributed by atoms with E-state index in [0.29, 0.717) is 12.6 Å². The first-order chi connectivity index (χ1) is 11.7. The first-order valence-electron chi connectivity index (χ1n) is 8.59. The molecule has 7 heteroatoms. The van der Waals surface area contributed by atoms with Crippen molar-refractivity contribution in [2.45, 2.75) is 37.1 Å². The predicted octanol–water partition coefficient (Wildman–Crippen LogP) is 0.278. The normalized spacial score (nSPS) is 27.8. The fourth-order valence-electron chi connectivity index (χ4n) is 3.19. The number of piperidine rings is 1. The van der Waals surface area contributed by atoms with Crippen molar-refractivity contribution in [1.82, 2.24) is 16.0 Å². The molecule has 0 aliphatic carbocycles. The molecule has 24 heavy (non-hydrogen) atoms. The number of amides is 2. The zero-order valence-corrected chi connectivity index (χ0v) is 13.7. The highest BCUT2D eigenvalue weighted by Gasteiger charge is 2.37. The van der Waals surface area contributed by atoms with E-state index >= 15 is 0 Å². The molecular formula is C17H26N4O3. The van der Waals surface area contributed by atoms with Crippen molar-refractivity contribution >= 4 is 11.7 Å². The topological polar surface area (TPSA) is 94.7 Å². The van der Waals surface area contributed by atoms with Gasteiger partial charge in [0.15, 0.2) is 0 Å². The number of para-hydroxylation sites is 1. The van der Waals surface area contributed by atoms with Gasteiger partial charge in [0.1, 0.15) is 6.10 Å². The molecule has 132 valence electrons. The molecule has 0 bridgehead atoms. The van der Waals surface area contributed by atoms with E-state index in [9.17, 15) is 9.90 Å². The molecular weight excluding hydrogens is 308 g/mol. The second-order valence-corrected chi connectivity index (χ2v) is 6.36. The Labute approximate surface area is 142 Å². The lowest BCUT2D eigenvalue weighted by Gasteiger charge is -2.28. The third kappa shape index (κ3) is 4.67. The molecule has 7 nitrogen and oxygen atoms in total. The quantitative estimate of drug-likeness (QED) is 0.533. The summed E-state index contributed by atoms with van der Waals surface area (Å²) in [7, 11) is 0. The number of aliphatic hydroxyl groups excluding tert-OH is 1. The monoisotopic (exact) mass is 334 g/mol. The average molecular weight is 334 g/mol. The van der Waals surface area contributed by atoms with Gasteiger partial charge < -0.3 is 31.1 Å². The third-order valence-electron chi connectivity index (χ3n) is 4.57. The number of ether oxygens (including phenoxy) is 1. The number of aliphatic hydroxyl groups is 1. The number of rotatable bonds is 5. The van der Waals surface area contributed by atoms with E-state index in [2.05, 4.69) is 21.3 Å². The largest absolute Gasteiger partial charge is 0.389 e. The van der Waals surface area contributed by atoms with Crippen LogP contribution in [-0.2, 0) is 4.74 Å². The Balaban J connectivity index is 1.40. The van der Waals surface area contributed by atoms with E-state index in [-0.39, 0.29) is 24.7 Å². The van der Waals surface area contributed by atoms with Gasteiger partial charge in [0.05, 0.1) is 18.8 Å². The van der Waals surface area contributed by atoms with Crippen molar-refractivity contribution < 1.29 is 14.6 Å². The average Bonchev–Trinajstić information content (AvgIpc) is 2.95. The summed E-state index contributed by atoms with van der Waals surface area (Å²) in [5.74, 6) is 0. The second kappa shape index (κ2) is 8.43. The standard InChI is InChI=1S/C17H26N4O3/c22-16-14(20-13-6-8-18-9-7-13)11-24-15(16)10-19-17(23)21-12-4-2-1-3-5-12/h1-5,13-16,18,20,22H,6-11H2,(H2,19,21,23)/t14-,15-,16+/m1/s1. The summed E-state index contributed by atoms with van der Waals surface area (Å²) in [6.45, 7) is 2.76. The molecule has 2 aliphatic heterocycles. The van der Waals surface area contributed by atoms with Gasteiger partial charge in [-0.3, -0.25) is 0 Å². The molecule has 2 amide bonds. The van der Waals surface area contributed by atoms with E-state index in [4.69, 9.17) is 4.74 Å². The SMILES string of the molecule is O=C(NC[C@H]1OC[C@@H](NC2CCNCC2)[C@@H]1O)Nc1ccccc1. The van der Waals surface area contributed by atoms with Crippen molar-refractivity contribution in [1.29, 1.82) is 0 Å². The van der Waals surface area contributed by atoms with E-state index in [1.54, 1.807) is 0 Å². The van der Waals surface area contributed by atoms with E-state index in [1.807, 2.05) is 30.3 Å². The molecule has 2 aliphatic rings. The number of urea groups is 1. The van der Waals surface area contributed by atoms with Crippen molar-refractivity contribution in [3.05, 3.63) is 30.3 Å². The van der Waals surface area contributed by atoms with Crippen LogP contribution < -0.4 is 21.3 Å². The molecule has 3 atom stereocenters. The van der Waals surface area contributed by atoms with Crippen LogP contribution in [0.2, 0.25) is 0 Å². The van der Waals surface area contributed by atoms with Gasteiger partial charge in [-0.2, -0.15) is 0 Å². The summed E-state index contributed by atoms with van der Waals surface area (Å²) in [5.41, 5.74) is 0.730. The Bertz CT molecular complexity index is 522. The Kier molecular flexibility index (Phi) is 6.03. The molecule has 1 aromatic rings. The van der Waals surface area contributed by atoms with E-state index in [0.717, 1.165) is 31.6 Å². The number of carbonyl (C=O) groups excluding carboxylic acids is 1. The number of nitrogens with one attached hydrogen (secondary N) is 4. The summed E-state index contributed by atoms with van der Waals surface area (Å²) in [5, 5.41) is 22.7. The minimum atomic E-state index is -0.614. The second-order valence-electron chi connectivity index (χ2n) is 6.36. The Morgan fingerprint density at radius 3 is 2.75 bits per heavy atom. The number of benzene rings is 1. The van der Waals surface area contributed by atoms with E-state index in [1.165, 1.54) is 0 Å². The molecule has 2 saturated heterocycles. The summed E-state index contributed by atoms with van der Waals surface area (Å²) in [4.78, 5) is 11.9. The van der Waals surface area contributed by atoms with Crippen LogP contribution >= 0.6 is 0 Å². The molecule has 2 heterocycles. The molecule has 0 spiro atoms. The van der Waals surface area contributed by atoms with Gasteiger partial charge in [0.25, 0.3) is 0 Å². The molecule has 2 fully saturated rings. The van der Waals surface area contributed by atoms with Gasteiger partial charge in [-0.05, 0) is 38.1 Å². The maximum Gasteiger partial charge on any atom is 0.319 e. The van der Waals surface area contributed by atoms with E-state index < -0.39 is 6.10 Å². The first kappa shape index (κ1) is 17.2. The summed E-state index contributed by atoms with van der Waals surface area (Å²) in [6, 6.07) is 9.29. The van der Waals surface area contributed by atoms with Gasteiger partial charge >= 0.3 is 6.03 Å². The van der Waals surface area contributed by atoms with Gasteiger partial charge in [0.2, 0.25) is 0 Å². The Hall–Kier alpha value is -1.67. The zero-order chi connectivity index (χ0) is 16.8. The smallest absolute Gasteiger partial charge is 0.319 e. The summed E-state index contributed by atoms with van der Waals surface area (Å²) < 4.78 is 5.65. The molecule has 0 radical (unpaired) electrons. The minimum absolute atomic E-state index is 0.0721. The van der Waals surface area contributed by atoms with Crippen LogP contribution in [0.1, 0.15) is 12.8 Å². The summed E-state index contributed by atoms with van der Waals surface area (Å²) in [6.07, 6.45) is 1.12. The van der Waals surface area contributed by atoms with Crippen LogP contribution in [0, 0.1) is 0 Å². The summed E-state index contributed by atoms with van der Waals surface area (Å²) >= 11 is 0. The van der Waals surface area contributed by atoms with Gasteiger partial charge in [0, 0.05) is 18.3 Å². The van der Waals surface area contributed by atoms with Crippen LogP contribution in [-0.4, -0.2) is 61.7 Å². The number of hydrogen-bond donors (Lipinski definition) is 5. The van der Waals surface area contributed by atoms with Crippen molar-refractivity contribution in [2.24, 2.45) is 0 Å². The molecule has 3 rings (SSSR count). The lowest BCUT2D eigenvalue weighted by molar-refractivity contribution is 0.0424. The van der Waals surface area contributed by atoms with Crippen LogP contribution in [0.4, 0.5) is 10.5 Å². The fourth-order valence-corrected chi connectivity index (χ4v) is 3.19. The number of hydrogen-bond acceptors (Lipinski definition) is 5. The number of carbonyl (C=O) groups is 1.